The molecule has 0 saturated carbocycles. The van der Waals surface area contributed by atoms with Gasteiger partial charge in [0.2, 0.25) is 0 Å². The maximum absolute atomic E-state index is 12.8. The molecule has 0 radical (unpaired) electrons. The van der Waals surface area contributed by atoms with Crippen molar-refractivity contribution in [3.63, 3.8) is 0 Å². The highest BCUT2D eigenvalue weighted by Gasteiger charge is 2.22. The van der Waals surface area contributed by atoms with Gasteiger partial charge in [-0.1, -0.05) is 0 Å². The number of halogens is 3. The van der Waals surface area contributed by atoms with Crippen LogP contribution in [0, 0.1) is 6.92 Å². The fraction of sp³-hybridized carbons (Fsp3) is 0.400. The largest absolute Gasteiger partial charge is 0.465 e. The summed E-state index contributed by atoms with van der Waals surface area (Å²) >= 11 is 5.59. The first-order valence-corrected chi connectivity index (χ1v) is 4.97. The summed E-state index contributed by atoms with van der Waals surface area (Å²) in [6.07, 6.45) is -1.52. The average molecular weight is 250 g/mol. The molecule has 0 fully saturated rings. The van der Waals surface area contributed by atoms with Crippen LogP contribution < -0.4 is 0 Å². The lowest BCUT2D eigenvalue weighted by molar-refractivity contribution is 0.0598. The Hall–Kier alpha value is -1.23. The Labute approximate surface area is 96.4 Å². The molecular weight excluding hydrogens is 240 g/mol. The molecule has 1 rings (SSSR count). The molecule has 0 amide bonds. The van der Waals surface area contributed by atoms with Crippen molar-refractivity contribution in [3.8, 4) is 0 Å². The summed E-state index contributed by atoms with van der Waals surface area (Å²) in [4.78, 5) is 15.1. The Morgan fingerprint density at radius 2 is 2.25 bits per heavy atom. The van der Waals surface area contributed by atoms with E-state index in [0.717, 1.165) is 0 Å². The topological polar surface area (TPSA) is 39.2 Å². The van der Waals surface area contributed by atoms with Gasteiger partial charge in [0.1, 0.15) is 0 Å². The molecule has 0 aliphatic carbocycles. The van der Waals surface area contributed by atoms with Crippen LogP contribution in [0.2, 0.25) is 0 Å². The Morgan fingerprint density at radius 3 is 2.69 bits per heavy atom. The highest BCUT2D eigenvalue weighted by Crippen LogP contribution is 2.29. The second-order valence-corrected chi connectivity index (χ2v) is 3.34. The number of methoxy groups -OCH3 is 1. The van der Waals surface area contributed by atoms with Crippen LogP contribution >= 0.6 is 11.6 Å². The Balaban J connectivity index is 3.42. The molecule has 3 nitrogen and oxygen atoms in total. The predicted octanol–water partition coefficient (Wildman–Crippen LogP) is 2.85. The van der Waals surface area contributed by atoms with Gasteiger partial charge in [-0.2, -0.15) is 0 Å². The second kappa shape index (κ2) is 5.21. The van der Waals surface area contributed by atoms with Crippen LogP contribution in [-0.2, 0) is 10.6 Å². The van der Waals surface area contributed by atoms with Gasteiger partial charge in [0.05, 0.1) is 12.7 Å². The summed E-state index contributed by atoms with van der Waals surface area (Å²) in [6, 6.07) is 0. The minimum Gasteiger partial charge on any atom is -0.465 e. The smallest absolute Gasteiger partial charge is 0.339 e. The fourth-order valence-corrected chi connectivity index (χ4v) is 1.68. The van der Waals surface area contributed by atoms with Gasteiger partial charge in [-0.15, -0.1) is 11.6 Å². The van der Waals surface area contributed by atoms with E-state index in [2.05, 4.69) is 9.72 Å². The van der Waals surface area contributed by atoms with Gasteiger partial charge in [0.15, 0.2) is 0 Å². The number of carbonyl (C=O) groups excluding carboxylic acids is 1. The third-order valence-electron chi connectivity index (χ3n) is 2.18. The number of hydrogen-bond acceptors (Lipinski definition) is 3. The summed E-state index contributed by atoms with van der Waals surface area (Å²) in [5.74, 6) is -0.905. The van der Waals surface area contributed by atoms with E-state index < -0.39 is 12.4 Å². The number of esters is 1. The Bertz CT molecular complexity index is 410. The molecule has 88 valence electrons. The third kappa shape index (κ3) is 2.29. The highest BCUT2D eigenvalue weighted by atomic mass is 35.5. The number of hydrogen-bond donors (Lipinski definition) is 0. The van der Waals surface area contributed by atoms with Crippen molar-refractivity contribution in [2.45, 2.75) is 19.2 Å². The van der Waals surface area contributed by atoms with E-state index in [1.165, 1.54) is 20.2 Å². The summed E-state index contributed by atoms with van der Waals surface area (Å²) < 4.78 is 30.0. The molecule has 0 aliphatic heterocycles. The maximum atomic E-state index is 12.8. The summed E-state index contributed by atoms with van der Waals surface area (Å²) in [5, 5.41) is 0. The van der Waals surface area contributed by atoms with Crippen LogP contribution in [-0.4, -0.2) is 18.1 Å². The summed E-state index contributed by atoms with van der Waals surface area (Å²) in [7, 11) is 1.17. The zero-order valence-corrected chi connectivity index (χ0v) is 9.52. The molecular formula is C10H10ClF2NO2. The van der Waals surface area contributed by atoms with Crippen LogP contribution in [0.4, 0.5) is 8.78 Å². The minimum atomic E-state index is -2.72. The first kappa shape index (κ1) is 12.8. The van der Waals surface area contributed by atoms with Gasteiger partial charge in [0, 0.05) is 23.3 Å². The molecule has 0 atom stereocenters. The molecule has 1 aromatic rings. The Morgan fingerprint density at radius 1 is 1.62 bits per heavy atom. The zero-order valence-electron chi connectivity index (χ0n) is 8.76. The standard InChI is InChI=1S/C10H10ClF2NO2/c1-5-8(9(12)13)6(3-11)7(4-14-5)10(15)16-2/h4,9H,3H2,1-2H3. The molecule has 0 bridgehead atoms. The number of rotatable bonds is 3. The molecule has 6 heteroatoms. The quantitative estimate of drug-likeness (QED) is 0.611. The predicted molar refractivity (Wildman–Crippen MR) is 54.8 cm³/mol. The molecule has 0 saturated heterocycles. The van der Waals surface area contributed by atoms with Crippen LogP contribution in [0.1, 0.15) is 33.6 Å². The number of carbonyl (C=O) groups is 1. The van der Waals surface area contributed by atoms with E-state index in [-0.39, 0.29) is 28.3 Å². The van der Waals surface area contributed by atoms with E-state index >= 15 is 0 Å². The van der Waals surface area contributed by atoms with Crippen molar-refractivity contribution >= 4 is 17.6 Å². The SMILES string of the molecule is COC(=O)c1cnc(C)c(C(F)F)c1CCl. The van der Waals surface area contributed by atoms with Crippen LogP contribution in [0.25, 0.3) is 0 Å². The van der Waals surface area contributed by atoms with E-state index in [0.29, 0.717) is 0 Å². The van der Waals surface area contributed by atoms with Gasteiger partial charge >= 0.3 is 5.97 Å². The molecule has 16 heavy (non-hydrogen) atoms. The minimum absolute atomic E-state index is 0.0154. The molecule has 0 spiro atoms. The van der Waals surface area contributed by atoms with Gasteiger partial charge in [0.25, 0.3) is 6.43 Å². The zero-order chi connectivity index (χ0) is 12.3. The molecule has 0 unspecified atom stereocenters. The monoisotopic (exact) mass is 249 g/mol. The van der Waals surface area contributed by atoms with Crippen molar-refractivity contribution in [3.05, 3.63) is 28.6 Å². The maximum Gasteiger partial charge on any atom is 0.339 e. The lowest BCUT2D eigenvalue weighted by Crippen LogP contribution is -2.10. The molecule has 1 aromatic heterocycles. The van der Waals surface area contributed by atoms with E-state index in [1.807, 2.05) is 0 Å². The molecule has 0 N–H and O–H groups in total. The molecule has 0 aromatic carbocycles. The lowest BCUT2D eigenvalue weighted by atomic mass is 10.0. The van der Waals surface area contributed by atoms with E-state index in [9.17, 15) is 13.6 Å². The fourth-order valence-electron chi connectivity index (χ4n) is 1.39. The highest BCUT2D eigenvalue weighted by molar-refractivity contribution is 6.17. The second-order valence-electron chi connectivity index (χ2n) is 3.08. The number of aryl methyl sites for hydroxylation is 1. The first-order valence-electron chi connectivity index (χ1n) is 4.43. The molecule has 0 aliphatic rings. The number of nitrogens with zero attached hydrogens (tertiary/aromatic N) is 1. The van der Waals surface area contributed by atoms with Crippen molar-refractivity contribution < 1.29 is 18.3 Å². The Kier molecular flexibility index (Phi) is 4.18. The van der Waals surface area contributed by atoms with Crippen molar-refractivity contribution in [1.29, 1.82) is 0 Å². The number of pyridine rings is 1. The van der Waals surface area contributed by atoms with Crippen molar-refractivity contribution in [2.75, 3.05) is 7.11 Å². The third-order valence-corrected chi connectivity index (χ3v) is 2.45. The number of ether oxygens (including phenoxy) is 1. The van der Waals surface area contributed by atoms with Gasteiger partial charge in [-0.05, 0) is 12.5 Å². The van der Waals surface area contributed by atoms with Gasteiger partial charge < -0.3 is 4.74 Å². The normalized spacial score (nSPS) is 10.6. The van der Waals surface area contributed by atoms with Crippen LogP contribution in [0.3, 0.4) is 0 Å². The van der Waals surface area contributed by atoms with Crippen molar-refractivity contribution in [1.82, 2.24) is 4.98 Å². The first-order chi connectivity index (χ1) is 7.52. The average Bonchev–Trinajstić information content (AvgIpc) is 2.26. The van der Waals surface area contributed by atoms with Gasteiger partial charge in [-0.3, -0.25) is 4.98 Å². The van der Waals surface area contributed by atoms with E-state index in [4.69, 9.17) is 11.6 Å². The van der Waals surface area contributed by atoms with E-state index in [1.54, 1.807) is 0 Å². The number of alkyl halides is 3. The van der Waals surface area contributed by atoms with Gasteiger partial charge in [-0.25, -0.2) is 13.6 Å². The molecule has 1 heterocycles. The van der Waals surface area contributed by atoms with Crippen LogP contribution in [0.15, 0.2) is 6.20 Å². The number of aromatic nitrogens is 1. The van der Waals surface area contributed by atoms with Crippen LogP contribution in [0.5, 0.6) is 0 Å². The van der Waals surface area contributed by atoms with Crippen molar-refractivity contribution in [2.24, 2.45) is 0 Å². The summed E-state index contributed by atoms with van der Waals surface area (Å²) in [5.41, 5.74) is -0.0642. The lowest BCUT2D eigenvalue weighted by Gasteiger charge is -2.12. The summed E-state index contributed by atoms with van der Waals surface area (Å²) in [6.45, 7) is 1.44.